The standard InChI is InChI=1S/C12H12N2/c1-11(14-9-5-8-13-14)10-12-6-3-2-4-7-12/h2-10H,1H3/b11-10-. The van der Waals surface area contributed by atoms with Gasteiger partial charge in [0.1, 0.15) is 0 Å². The maximum absolute atomic E-state index is 4.16. The number of nitrogens with zero attached hydrogens (tertiary/aromatic N) is 2. The Labute approximate surface area is 83.5 Å². The van der Waals surface area contributed by atoms with Crippen LogP contribution in [0.1, 0.15) is 12.5 Å². The van der Waals surface area contributed by atoms with Crippen LogP contribution in [0, 0.1) is 0 Å². The van der Waals surface area contributed by atoms with Crippen molar-refractivity contribution in [1.82, 2.24) is 9.78 Å². The fraction of sp³-hybridized carbons (Fsp3) is 0.0833. The van der Waals surface area contributed by atoms with Crippen LogP contribution < -0.4 is 0 Å². The van der Waals surface area contributed by atoms with E-state index in [4.69, 9.17) is 0 Å². The Bertz CT molecular complexity index is 413. The second-order valence-electron chi connectivity index (χ2n) is 3.15. The predicted molar refractivity (Wildman–Crippen MR) is 58.5 cm³/mol. The molecule has 0 amide bonds. The van der Waals surface area contributed by atoms with Gasteiger partial charge in [0.25, 0.3) is 0 Å². The van der Waals surface area contributed by atoms with Crippen molar-refractivity contribution in [3.05, 3.63) is 54.4 Å². The summed E-state index contributed by atoms with van der Waals surface area (Å²) < 4.78 is 1.85. The third kappa shape index (κ3) is 1.91. The third-order valence-electron chi connectivity index (χ3n) is 2.04. The molecule has 0 spiro atoms. The molecule has 0 N–H and O–H groups in total. The van der Waals surface area contributed by atoms with E-state index in [2.05, 4.69) is 23.3 Å². The summed E-state index contributed by atoms with van der Waals surface area (Å²) >= 11 is 0. The van der Waals surface area contributed by atoms with Gasteiger partial charge in [0.2, 0.25) is 0 Å². The maximum atomic E-state index is 4.16. The molecule has 1 aromatic carbocycles. The summed E-state index contributed by atoms with van der Waals surface area (Å²) in [6.45, 7) is 2.04. The van der Waals surface area contributed by atoms with E-state index < -0.39 is 0 Å². The van der Waals surface area contributed by atoms with Crippen molar-refractivity contribution in [2.24, 2.45) is 0 Å². The normalized spacial score (nSPS) is 11.6. The minimum Gasteiger partial charge on any atom is -0.245 e. The van der Waals surface area contributed by atoms with Crippen LogP contribution in [0.2, 0.25) is 0 Å². The highest BCUT2D eigenvalue weighted by atomic mass is 15.3. The average Bonchev–Trinajstić information content (AvgIpc) is 2.72. The van der Waals surface area contributed by atoms with Crippen molar-refractivity contribution in [3.8, 4) is 0 Å². The highest BCUT2D eigenvalue weighted by molar-refractivity contribution is 5.68. The minimum absolute atomic E-state index is 1.11. The van der Waals surface area contributed by atoms with E-state index in [9.17, 15) is 0 Å². The molecule has 1 heterocycles. The predicted octanol–water partition coefficient (Wildman–Crippen LogP) is 2.90. The van der Waals surface area contributed by atoms with Gasteiger partial charge in [0.05, 0.1) is 0 Å². The molecule has 0 aliphatic rings. The molecule has 0 radical (unpaired) electrons. The highest BCUT2D eigenvalue weighted by Gasteiger charge is 1.92. The van der Waals surface area contributed by atoms with Crippen molar-refractivity contribution in [2.45, 2.75) is 6.92 Å². The first-order valence-electron chi connectivity index (χ1n) is 4.59. The average molecular weight is 184 g/mol. The van der Waals surface area contributed by atoms with Gasteiger partial charge in [0.15, 0.2) is 0 Å². The second kappa shape index (κ2) is 3.92. The largest absolute Gasteiger partial charge is 0.245 e. The molecule has 0 atom stereocenters. The lowest BCUT2D eigenvalue weighted by atomic mass is 10.2. The van der Waals surface area contributed by atoms with Crippen LogP contribution in [0.25, 0.3) is 11.8 Å². The number of allylic oxidation sites excluding steroid dienone is 1. The SMILES string of the molecule is C/C(=C/c1ccccc1)n1cccn1. The molecule has 0 aliphatic carbocycles. The lowest BCUT2D eigenvalue weighted by Gasteiger charge is -2.00. The van der Waals surface area contributed by atoms with Crippen molar-refractivity contribution >= 4 is 11.8 Å². The molecule has 1 aromatic heterocycles. The van der Waals surface area contributed by atoms with Gasteiger partial charge in [-0.3, -0.25) is 0 Å². The zero-order chi connectivity index (χ0) is 9.80. The number of aromatic nitrogens is 2. The lowest BCUT2D eigenvalue weighted by molar-refractivity contribution is 0.900. The van der Waals surface area contributed by atoms with E-state index in [-0.39, 0.29) is 0 Å². The summed E-state index contributed by atoms with van der Waals surface area (Å²) in [5.74, 6) is 0. The second-order valence-corrected chi connectivity index (χ2v) is 3.15. The summed E-state index contributed by atoms with van der Waals surface area (Å²) in [5.41, 5.74) is 2.31. The van der Waals surface area contributed by atoms with E-state index in [1.807, 2.05) is 42.1 Å². The summed E-state index contributed by atoms with van der Waals surface area (Å²) in [5, 5.41) is 4.16. The van der Waals surface area contributed by atoms with Gasteiger partial charge < -0.3 is 0 Å². The molecule has 2 rings (SSSR count). The molecule has 0 saturated heterocycles. The Balaban J connectivity index is 2.28. The molecule has 2 aromatic rings. The zero-order valence-electron chi connectivity index (χ0n) is 8.09. The quantitative estimate of drug-likeness (QED) is 0.701. The molecule has 14 heavy (non-hydrogen) atoms. The lowest BCUT2D eigenvalue weighted by Crippen LogP contribution is -1.92. The molecule has 2 nitrogen and oxygen atoms in total. The van der Waals surface area contributed by atoms with Crippen molar-refractivity contribution < 1.29 is 0 Å². The number of hydrogen-bond donors (Lipinski definition) is 0. The fourth-order valence-electron chi connectivity index (χ4n) is 1.33. The first-order chi connectivity index (χ1) is 6.86. The van der Waals surface area contributed by atoms with Crippen LogP contribution in [0.5, 0.6) is 0 Å². The number of rotatable bonds is 2. The first kappa shape index (κ1) is 8.75. The summed E-state index contributed by atoms with van der Waals surface area (Å²) in [6.07, 6.45) is 5.82. The van der Waals surface area contributed by atoms with Crippen molar-refractivity contribution in [2.75, 3.05) is 0 Å². The van der Waals surface area contributed by atoms with Crippen LogP contribution in [-0.2, 0) is 0 Å². The van der Waals surface area contributed by atoms with Crippen LogP contribution in [0.15, 0.2) is 48.8 Å². The molecule has 70 valence electrons. The Kier molecular flexibility index (Phi) is 2.45. The number of hydrogen-bond acceptors (Lipinski definition) is 1. The van der Waals surface area contributed by atoms with E-state index >= 15 is 0 Å². The number of benzene rings is 1. The summed E-state index contributed by atoms with van der Waals surface area (Å²) in [7, 11) is 0. The van der Waals surface area contributed by atoms with Crippen molar-refractivity contribution in [1.29, 1.82) is 0 Å². The molecule has 0 aliphatic heterocycles. The maximum Gasteiger partial charge on any atom is 0.0493 e. The van der Waals surface area contributed by atoms with E-state index in [1.54, 1.807) is 6.20 Å². The molecule has 0 unspecified atom stereocenters. The smallest absolute Gasteiger partial charge is 0.0493 e. The van der Waals surface area contributed by atoms with Crippen LogP contribution in [0.3, 0.4) is 0 Å². The molecule has 0 saturated carbocycles. The Morgan fingerprint density at radius 3 is 2.64 bits per heavy atom. The minimum atomic E-state index is 1.11. The molecule has 0 bridgehead atoms. The van der Waals surface area contributed by atoms with Crippen LogP contribution >= 0.6 is 0 Å². The topological polar surface area (TPSA) is 17.8 Å². The monoisotopic (exact) mass is 184 g/mol. The van der Waals surface area contributed by atoms with Gasteiger partial charge in [-0.05, 0) is 24.6 Å². The highest BCUT2D eigenvalue weighted by Crippen LogP contribution is 2.08. The molecule has 0 fully saturated rings. The van der Waals surface area contributed by atoms with Crippen LogP contribution in [-0.4, -0.2) is 9.78 Å². The zero-order valence-corrected chi connectivity index (χ0v) is 8.09. The van der Waals surface area contributed by atoms with Gasteiger partial charge in [-0.15, -0.1) is 0 Å². The van der Waals surface area contributed by atoms with Crippen molar-refractivity contribution in [3.63, 3.8) is 0 Å². The van der Waals surface area contributed by atoms with Gasteiger partial charge in [-0.25, -0.2) is 4.68 Å². The van der Waals surface area contributed by atoms with Gasteiger partial charge in [-0.2, -0.15) is 5.10 Å². The van der Waals surface area contributed by atoms with Gasteiger partial charge in [-0.1, -0.05) is 30.3 Å². The summed E-state index contributed by atoms with van der Waals surface area (Å²) in [6, 6.07) is 12.1. The Hall–Kier alpha value is -1.83. The molecular formula is C12H12N2. The molecular weight excluding hydrogens is 172 g/mol. The Morgan fingerprint density at radius 1 is 1.21 bits per heavy atom. The van der Waals surface area contributed by atoms with E-state index in [0.717, 1.165) is 5.70 Å². The van der Waals surface area contributed by atoms with E-state index in [1.165, 1.54) is 5.56 Å². The van der Waals surface area contributed by atoms with E-state index in [0.29, 0.717) is 0 Å². The van der Waals surface area contributed by atoms with Gasteiger partial charge in [0, 0.05) is 18.1 Å². The third-order valence-corrected chi connectivity index (χ3v) is 2.04. The fourth-order valence-corrected chi connectivity index (χ4v) is 1.33. The first-order valence-corrected chi connectivity index (χ1v) is 4.59. The van der Waals surface area contributed by atoms with Gasteiger partial charge >= 0.3 is 0 Å². The molecule has 2 heteroatoms. The summed E-state index contributed by atoms with van der Waals surface area (Å²) in [4.78, 5) is 0. The van der Waals surface area contributed by atoms with Crippen LogP contribution in [0.4, 0.5) is 0 Å². The Morgan fingerprint density at radius 2 is 2.00 bits per heavy atom.